The fourth-order valence-corrected chi connectivity index (χ4v) is 2.56. The smallest absolute Gasteiger partial charge is 0.227 e. The Morgan fingerprint density at radius 1 is 1.29 bits per heavy atom. The van der Waals surface area contributed by atoms with Crippen LogP contribution < -0.4 is 10.1 Å². The molecule has 3 rings (SSSR count). The van der Waals surface area contributed by atoms with E-state index in [2.05, 4.69) is 22.2 Å². The number of ketones is 1. The van der Waals surface area contributed by atoms with Crippen LogP contribution in [0.3, 0.4) is 0 Å². The number of rotatable bonds is 3. The molecule has 5 nitrogen and oxygen atoms in total. The van der Waals surface area contributed by atoms with Crippen molar-refractivity contribution in [2.45, 2.75) is 19.8 Å². The second-order valence-corrected chi connectivity index (χ2v) is 5.32. The Balaban J connectivity index is 1.91. The maximum absolute atomic E-state index is 11.9. The van der Waals surface area contributed by atoms with Crippen LogP contribution in [0.4, 0.5) is 11.6 Å². The lowest BCUT2D eigenvalue weighted by Gasteiger charge is -2.19. The monoisotopic (exact) mass is 283 g/mol. The first-order valence-electron chi connectivity index (χ1n) is 6.96. The number of carbonyl (C=O) groups excluding carboxylic acids is 1. The van der Waals surface area contributed by atoms with E-state index < -0.39 is 0 Å². The van der Waals surface area contributed by atoms with Crippen LogP contribution in [-0.2, 0) is 6.42 Å². The van der Waals surface area contributed by atoms with E-state index in [0.29, 0.717) is 23.9 Å². The fourth-order valence-electron chi connectivity index (χ4n) is 2.56. The Bertz CT molecular complexity index is 685. The number of methoxy groups -OCH3 is 1. The first kappa shape index (κ1) is 13.5. The molecule has 1 aromatic carbocycles. The van der Waals surface area contributed by atoms with Crippen molar-refractivity contribution >= 4 is 17.4 Å². The van der Waals surface area contributed by atoms with E-state index in [1.165, 1.54) is 0 Å². The van der Waals surface area contributed by atoms with Crippen molar-refractivity contribution in [2.24, 2.45) is 5.92 Å². The molecule has 1 aromatic heterocycles. The van der Waals surface area contributed by atoms with Crippen molar-refractivity contribution in [1.82, 2.24) is 9.97 Å². The number of ether oxygens (including phenoxy) is 1. The maximum Gasteiger partial charge on any atom is 0.227 e. The van der Waals surface area contributed by atoms with Gasteiger partial charge in [-0.3, -0.25) is 4.79 Å². The predicted molar refractivity (Wildman–Crippen MR) is 80.1 cm³/mol. The normalized spacial score (nSPS) is 17.2. The molecule has 0 bridgehead atoms. The highest BCUT2D eigenvalue weighted by Crippen LogP contribution is 2.28. The van der Waals surface area contributed by atoms with Gasteiger partial charge < -0.3 is 10.1 Å². The Morgan fingerprint density at radius 3 is 2.90 bits per heavy atom. The van der Waals surface area contributed by atoms with Gasteiger partial charge in [0.15, 0.2) is 5.78 Å². The molecule has 0 spiro atoms. The zero-order valence-electron chi connectivity index (χ0n) is 12.1. The molecular formula is C16H17N3O2. The second-order valence-electron chi connectivity index (χ2n) is 5.32. The molecule has 1 atom stereocenters. The van der Waals surface area contributed by atoms with Crippen molar-refractivity contribution in [3.05, 3.63) is 41.7 Å². The van der Waals surface area contributed by atoms with Crippen LogP contribution in [-0.4, -0.2) is 22.9 Å². The third-order valence-corrected chi connectivity index (χ3v) is 3.60. The Labute approximate surface area is 123 Å². The van der Waals surface area contributed by atoms with Gasteiger partial charge in [-0.05, 0) is 24.5 Å². The maximum atomic E-state index is 11.9. The number of hydrogen-bond donors (Lipinski definition) is 1. The predicted octanol–water partition coefficient (Wildman–Crippen LogP) is 2.99. The minimum absolute atomic E-state index is 0.132. The van der Waals surface area contributed by atoms with Crippen molar-refractivity contribution in [3.8, 4) is 5.75 Å². The summed E-state index contributed by atoms with van der Waals surface area (Å²) in [6.07, 6.45) is 3.01. The summed E-state index contributed by atoms with van der Waals surface area (Å²) in [5.74, 6) is 1.68. The Hall–Kier alpha value is -2.43. The molecule has 1 N–H and O–H groups in total. The van der Waals surface area contributed by atoms with Gasteiger partial charge in [-0.25, -0.2) is 9.97 Å². The fraction of sp³-hybridized carbons (Fsp3) is 0.312. The lowest BCUT2D eigenvalue weighted by atomic mass is 9.88. The molecule has 0 saturated carbocycles. The highest BCUT2D eigenvalue weighted by molar-refractivity contribution is 5.98. The zero-order chi connectivity index (χ0) is 14.8. The summed E-state index contributed by atoms with van der Waals surface area (Å²) in [4.78, 5) is 20.7. The molecule has 2 aromatic rings. The van der Waals surface area contributed by atoms with Gasteiger partial charge in [-0.2, -0.15) is 0 Å². The van der Waals surface area contributed by atoms with Gasteiger partial charge in [0.05, 0.1) is 24.1 Å². The molecule has 0 amide bonds. The molecule has 0 fully saturated rings. The minimum Gasteiger partial charge on any atom is -0.495 e. The number of benzene rings is 1. The lowest BCUT2D eigenvalue weighted by Crippen LogP contribution is -2.20. The van der Waals surface area contributed by atoms with Gasteiger partial charge in [-0.15, -0.1) is 0 Å². The molecular weight excluding hydrogens is 266 g/mol. The average Bonchev–Trinajstić information content (AvgIpc) is 2.47. The number of hydrogen-bond acceptors (Lipinski definition) is 5. The molecule has 1 aliphatic carbocycles. The van der Waals surface area contributed by atoms with Crippen LogP contribution in [0.15, 0.2) is 30.5 Å². The molecule has 108 valence electrons. The standard InChI is InChI=1S/C16H17N3O2/c1-10-7-13-11(14(20)8-10)9-17-16(19-13)18-12-5-3-4-6-15(12)21-2/h3-6,9-10H,7-8H2,1-2H3,(H,17,18,19). The summed E-state index contributed by atoms with van der Waals surface area (Å²) in [6.45, 7) is 2.07. The zero-order valence-corrected chi connectivity index (χ0v) is 12.1. The van der Waals surface area contributed by atoms with Crippen LogP contribution in [0.25, 0.3) is 0 Å². The topological polar surface area (TPSA) is 64.1 Å². The second kappa shape index (κ2) is 5.52. The van der Waals surface area contributed by atoms with Crippen molar-refractivity contribution < 1.29 is 9.53 Å². The van der Waals surface area contributed by atoms with E-state index in [0.717, 1.165) is 23.6 Å². The summed E-state index contributed by atoms with van der Waals surface area (Å²) >= 11 is 0. The van der Waals surface area contributed by atoms with Crippen LogP contribution in [0.5, 0.6) is 5.75 Å². The number of para-hydroxylation sites is 2. The average molecular weight is 283 g/mol. The largest absolute Gasteiger partial charge is 0.495 e. The highest BCUT2D eigenvalue weighted by Gasteiger charge is 2.24. The van der Waals surface area contributed by atoms with Crippen LogP contribution in [0, 0.1) is 5.92 Å². The van der Waals surface area contributed by atoms with Gasteiger partial charge in [0.25, 0.3) is 0 Å². The number of carbonyl (C=O) groups is 1. The Kier molecular flexibility index (Phi) is 3.56. The number of nitrogens with one attached hydrogen (secondary N) is 1. The number of nitrogens with zero attached hydrogens (tertiary/aromatic N) is 2. The summed E-state index contributed by atoms with van der Waals surface area (Å²) in [5.41, 5.74) is 2.28. The number of fused-ring (bicyclic) bond motifs is 1. The van der Waals surface area contributed by atoms with Gasteiger partial charge in [-0.1, -0.05) is 19.1 Å². The van der Waals surface area contributed by atoms with Gasteiger partial charge >= 0.3 is 0 Å². The molecule has 0 aliphatic heterocycles. The summed E-state index contributed by atoms with van der Waals surface area (Å²) in [5, 5.41) is 3.14. The number of Topliss-reactive ketones (excluding diaryl/α,β-unsaturated/α-hetero) is 1. The van der Waals surface area contributed by atoms with Gasteiger partial charge in [0, 0.05) is 12.6 Å². The molecule has 21 heavy (non-hydrogen) atoms. The van der Waals surface area contributed by atoms with E-state index in [9.17, 15) is 4.79 Å². The van der Waals surface area contributed by atoms with Crippen LogP contribution >= 0.6 is 0 Å². The van der Waals surface area contributed by atoms with E-state index in [4.69, 9.17) is 4.74 Å². The van der Waals surface area contributed by atoms with Crippen molar-refractivity contribution in [1.29, 1.82) is 0 Å². The molecule has 5 heteroatoms. The molecule has 1 unspecified atom stereocenters. The van der Waals surface area contributed by atoms with Crippen LogP contribution in [0.2, 0.25) is 0 Å². The third-order valence-electron chi connectivity index (χ3n) is 3.60. The van der Waals surface area contributed by atoms with E-state index >= 15 is 0 Å². The molecule has 1 heterocycles. The summed E-state index contributed by atoms with van der Waals surface area (Å²) < 4.78 is 5.29. The first-order valence-corrected chi connectivity index (χ1v) is 6.96. The van der Waals surface area contributed by atoms with Gasteiger partial charge in [0.2, 0.25) is 5.95 Å². The molecule has 0 radical (unpaired) electrons. The highest BCUT2D eigenvalue weighted by atomic mass is 16.5. The van der Waals surface area contributed by atoms with Crippen LogP contribution in [0.1, 0.15) is 29.4 Å². The van der Waals surface area contributed by atoms with Gasteiger partial charge in [0.1, 0.15) is 5.75 Å². The van der Waals surface area contributed by atoms with Crippen molar-refractivity contribution in [2.75, 3.05) is 12.4 Å². The van der Waals surface area contributed by atoms with E-state index in [1.54, 1.807) is 13.3 Å². The molecule has 0 saturated heterocycles. The molecule has 1 aliphatic rings. The Morgan fingerprint density at radius 2 is 2.10 bits per heavy atom. The minimum atomic E-state index is 0.132. The SMILES string of the molecule is COc1ccccc1Nc1ncc2c(n1)CC(C)CC2=O. The summed E-state index contributed by atoms with van der Waals surface area (Å²) in [6, 6.07) is 7.58. The quantitative estimate of drug-likeness (QED) is 0.938. The number of anilines is 2. The van der Waals surface area contributed by atoms with E-state index in [1.807, 2.05) is 24.3 Å². The van der Waals surface area contributed by atoms with Crippen molar-refractivity contribution in [3.63, 3.8) is 0 Å². The third kappa shape index (κ3) is 2.72. The number of aromatic nitrogens is 2. The lowest BCUT2D eigenvalue weighted by molar-refractivity contribution is 0.0951. The first-order chi connectivity index (χ1) is 10.2. The summed E-state index contributed by atoms with van der Waals surface area (Å²) in [7, 11) is 1.62. The van der Waals surface area contributed by atoms with E-state index in [-0.39, 0.29) is 5.78 Å².